The Morgan fingerprint density at radius 1 is 1.17 bits per heavy atom. The van der Waals surface area contributed by atoms with Gasteiger partial charge in [0.1, 0.15) is 5.69 Å². The molecule has 0 fully saturated rings. The van der Waals surface area contributed by atoms with Crippen LogP contribution in [0.2, 0.25) is 0 Å². The molecule has 0 bridgehead atoms. The topological polar surface area (TPSA) is 129 Å². The summed E-state index contributed by atoms with van der Waals surface area (Å²) in [5.41, 5.74) is 5.07. The highest BCUT2D eigenvalue weighted by Crippen LogP contribution is 2.31. The van der Waals surface area contributed by atoms with Gasteiger partial charge in [-0.2, -0.15) is 5.10 Å². The summed E-state index contributed by atoms with van der Waals surface area (Å²) in [5.74, 6) is 0.433. The molecule has 0 aliphatic carbocycles. The van der Waals surface area contributed by atoms with E-state index >= 15 is 0 Å². The van der Waals surface area contributed by atoms with Gasteiger partial charge in [0.05, 0.1) is 17.8 Å². The number of nitrogens with one attached hydrogen (secondary N) is 1. The minimum atomic E-state index is -0.929. The number of rotatable bonds is 6. The second-order valence-electron chi connectivity index (χ2n) is 9.47. The minimum absolute atomic E-state index is 0.324. The van der Waals surface area contributed by atoms with E-state index in [2.05, 4.69) is 15.3 Å². The number of hydrogen-bond donors (Lipinski definition) is 3. The van der Waals surface area contributed by atoms with E-state index in [1.54, 1.807) is 37.1 Å². The molecule has 0 atom stereocenters. The molecule has 10 heteroatoms. The molecule has 0 saturated carbocycles. The van der Waals surface area contributed by atoms with Crippen LogP contribution >= 0.6 is 0 Å². The first-order valence-electron chi connectivity index (χ1n) is 11.7. The lowest BCUT2D eigenvalue weighted by atomic mass is 9.99. The highest BCUT2D eigenvalue weighted by molar-refractivity contribution is 5.78. The van der Waals surface area contributed by atoms with Crippen LogP contribution < -0.4 is 5.32 Å². The molecule has 10 nitrogen and oxygen atoms in total. The molecule has 0 spiro atoms. The average Bonchev–Trinajstić information content (AvgIpc) is 3.26. The lowest BCUT2D eigenvalue weighted by Crippen LogP contribution is -2.34. The molecule has 36 heavy (non-hydrogen) atoms. The third kappa shape index (κ3) is 5.18. The number of benzene rings is 1. The predicted molar refractivity (Wildman–Crippen MR) is 135 cm³/mol. The van der Waals surface area contributed by atoms with Crippen LogP contribution in [0.15, 0.2) is 61.2 Å². The molecule has 3 aromatic heterocycles. The van der Waals surface area contributed by atoms with E-state index in [1.807, 2.05) is 42.6 Å². The van der Waals surface area contributed by atoms with Crippen LogP contribution in [0.1, 0.15) is 25.0 Å². The first-order chi connectivity index (χ1) is 17.2. The van der Waals surface area contributed by atoms with E-state index in [0.29, 0.717) is 43.4 Å². The number of nitrogens with zero attached hydrogens (tertiary/aromatic N) is 6. The Labute approximate surface area is 208 Å². The largest absolute Gasteiger partial charge is 0.465 e. The summed E-state index contributed by atoms with van der Waals surface area (Å²) in [5, 5.41) is 27.5. The molecule has 3 N–H and O–H groups in total. The van der Waals surface area contributed by atoms with E-state index in [4.69, 9.17) is 10.1 Å². The fourth-order valence-corrected chi connectivity index (χ4v) is 4.29. The van der Waals surface area contributed by atoms with Crippen molar-refractivity contribution in [2.45, 2.75) is 39.0 Å². The highest BCUT2D eigenvalue weighted by Gasteiger charge is 2.21. The van der Waals surface area contributed by atoms with Crippen LogP contribution in [-0.4, -0.2) is 58.1 Å². The van der Waals surface area contributed by atoms with E-state index in [9.17, 15) is 15.0 Å². The molecule has 1 amide bonds. The summed E-state index contributed by atoms with van der Waals surface area (Å²) in [7, 11) is 0. The summed E-state index contributed by atoms with van der Waals surface area (Å²) in [6.45, 7) is 4.67. The van der Waals surface area contributed by atoms with E-state index < -0.39 is 11.7 Å². The van der Waals surface area contributed by atoms with Crippen molar-refractivity contribution in [2.75, 3.05) is 11.9 Å². The van der Waals surface area contributed by atoms with Crippen LogP contribution in [0.5, 0.6) is 0 Å². The number of hydrogen-bond acceptors (Lipinski definition) is 7. The Hall–Kier alpha value is -4.31. The van der Waals surface area contributed by atoms with Crippen molar-refractivity contribution in [2.24, 2.45) is 0 Å². The lowest BCUT2D eigenvalue weighted by molar-refractivity contribution is 0.0578. The van der Waals surface area contributed by atoms with Crippen LogP contribution in [0.4, 0.5) is 16.4 Å². The first-order valence-corrected chi connectivity index (χ1v) is 11.7. The van der Waals surface area contributed by atoms with Gasteiger partial charge in [0.2, 0.25) is 5.95 Å². The van der Waals surface area contributed by atoms with Gasteiger partial charge < -0.3 is 20.4 Å². The Bertz CT molecular complexity index is 1400. The Morgan fingerprint density at radius 3 is 2.78 bits per heavy atom. The van der Waals surface area contributed by atoms with Crippen molar-refractivity contribution >= 4 is 17.7 Å². The zero-order valence-electron chi connectivity index (χ0n) is 20.1. The molecule has 0 saturated heterocycles. The van der Waals surface area contributed by atoms with Crippen molar-refractivity contribution in [3.05, 3.63) is 72.3 Å². The van der Waals surface area contributed by atoms with E-state index in [0.717, 1.165) is 27.9 Å². The molecule has 1 aliphatic heterocycles. The Kier molecular flexibility index (Phi) is 6.11. The maximum Gasteiger partial charge on any atom is 0.407 e. The number of carbonyl (C=O) groups is 1. The van der Waals surface area contributed by atoms with Gasteiger partial charge >= 0.3 is 6.09 Å². The van der Waals surface area contributed by atoms with Crippen LogP contribution in [0.25, 0.3) is 22.5 Å². The molecular weight excluding hydrogens is 458 g/mol. The van der Waals surface area contributed by atoms with Gasteiger partial charge in [-0.05, 0) is 61.7 Å². The Morgan fingerprint density at radius 2 is 2.03 bits per heavy atom. The fraction of sp³-hybridized carbons (Fsp3) is 0.269. The van der Waals surface area contributed by atoms with Crippen LogP contribution in [0, 0.1) is 0 Å². The standard InChI is InChI=1S/C26H27N7O3/c1-26(2,36)16-33-15-21(23(31-33)18-4-3-9-27-13-18)22-7-10-28-24(30-22)29-20-6-5-19-14-32(25(34)35)11-8-17(19)12-20/h3-7,9-10,12-13,15,36H,8,11,14,16H2,1-2H3,(H,34,35)(H,28,29,30). The van der Waals surface area contributed by atoms with Gasteiger partial charge in [-0.1, -0.05) is 6.07 Å². The molecular formula is C26H27N7O3. The van der Waals surface area contributed by atoms with Gasteiger partial charge in [-0.15, -0.1) is 0 Å². The number of amides is 1. The summed E-state index contributed by atoms with van der Waals surface area (Å²) in [6, 6.07) is 11.5. The SMILES string of the molecule is CC(C)(O)Cn1cc(-c2ccnc(Nc3ccc4c(c3)CCN(C(=O)O)C4)n2)c(-c2cccnc2)n1. The summed E-state index contributed by atoms with van der Waals surface area (Å²) < 4.78 is 1.72. The second-order valence-corrected chi connectivity index (χ2v) is 9.47. The monoisotopic (exact) mass is 485 g/mol. The number of aromatic nitrogens is 5. The van der Waals surface area contributed by atoms with Crippen molar-refractivity contribution < 1.29 is 15.0 Å². The fourth-order valence-electron chi connectivity index (χ4n) is 4.29. The zero-order chi connectivity index (χ0) is 25.3. The summed E-state index contributed by atoms with van der Waals surface area (Å²) in [6.07, 6.45) is 6.78. The van der Waals surface area contributed by atoms with E-state index in [1.165, 1.54) is 4.90 Å². The van der Waals surface area contributed by atoms with Crippen molar-refractivity contribution in [1.82, 2.24) is 29.6 Å². The maximum absolute atomic E-state index is 11.3. The second kappa shape index (κ2) is 9.38. The third-order valence-corrected chi connectivity index (χ3v) is 5.92. The predicted octanol–water partition coefficient (Wildman–Crippen LogP) is 3.95. The summed E-state index contributed by atoms with van der Waals surface area (Å²) in [4.78, 5) is 26.0. The van der Waals surface area contributed by atoms with Gasteiger partial charge in [-0.3, -0.25) is 9.67 Å². The highest BCUT2D eigenvalue weighted by atomic mass is 16.4. The molecule has 0 radical (unpaired) electrons. The van der Waals surface area contributed by atoms with E-state index in [-0.39, 0.29) is 0 Å². The van der Waals surface area contributed by atoms with Gasteiger partial charge in [0, 0.05) is 54.7 Å². The molecule has 5 rings (SSSR count). The normalized spacial score (nSPS) is 13.4. The van der Waals surface area contributed by atoms with Crippen molar-refractivity contribution in [1.29, 1.82) is 0 Å². The number of anilines is 2. The third-order valence-electron chi connectivity index (χ3n) is 5.92. The number of carboxylic acid groups (broad SMARTS) is 1. The number of fused-ring (bicyclic) bond motifs is 1. The van der Waals surface area contributed by atoms with Crippen LogP contribution in [0.3, 0.4) is 0 Å². The number of aliphatic hydroxyl groups is 1. The smallest absolute Gasteiger partial charge is 0.407 e. The van der Waals surface area contributed by atoms with Gasteiger partial charge in [-0.25, -0.2) is 14.8 Å². The zero-order valence-corrected chi connectivity index (χ0v) is 20.1. The molecule has 4 aromatic rings. The van der Waals surface area contributed by atoms with Gasteiger partial charge in [0.25, 0.3) is 0 Å². The minimum Gasteiger partial charge on any atom is -0.465 e. The number of pyridine rings is 1. The summed E-state index contributed by atoms with van der Waals surface area (Å²) >= 11 is 0. The quantitative estimate of drug-likeness (QED) is 0.374. The van der Waals surface area contributed by atoms with Gasteiger partial charge in [0.15, 0.2) is 0 Å². The average molecular weight is 486 g/mol. The van der Waals surface area contributed by atoms with Crippen molar-refractivity contribution in [3.63, 3.8) is 0 Å². The molecule has 0 unspecified atom stereocenters. The molecule has 1 aromatic carbocycles. The molecule has 184 valence electrons. The maximum atomic E-state index is 11.3. The Balaban J connectivity index is 1.44. The molecule has 1 aliphatic rings. The van der Waals surface area contributed by atoms with Crippen LogP contribution in [-0.2, 0) is 19.5 Å². The first kappa shape index (κ1) is 23.4. The van der Waals surface area contributed by atoms with Crippen molar-refractivity contribution in [3.8, 4) is 22.5 Å². The molecule has 4 heterocycles. The lowest BCUT2D eigenvalue weighted by Gasteiger charge is -2.26.